The summed E-state index contributed by atoms with van der Waals surface area (Å²) in [6.45, 7) is -0.707. The van der Waals surface area contributed by atoms with E-state index in [1.54, 1.807) is 54.6 Å². The molecule has 0 saturated heterocycles. The molecule has 7 nitrogen and oxygen atoms in total. The third-order valence-corrected chi connectivity index (χ3v) is 9.08. The molecule has 0 aliphatic heterocycles. The van der Waals surface area contributed by atoms with Crippen LogP contribution in [0.3, 0.4) is 0 Å². The second-order valence-electron chi connectivity index (χ2n) is 9.85. The number of aromatic amines is 1. The molecule has 1 aliphatic rings. The van der Waals surface area contributed by atoms with Gasteiger partial charge in [-0.05, 0) is 61.6 Å². The Hall–Kier alpha value is -3.50. The predicted molar refractivity (Wildman–Crippen MR) is 150 cm³/mol. The summed E-state index contributed by atoms with van der Waals surface area (Å²) in [6, 6.07) is 16.3. The molecule has 2 N–H and O–H groups in total. The summed E-state index contributed by atoms with van der Waals surface area (Å²) in [4.78, 5) is 20.9. The summed E-state index contributed by atoms with van der Waals surface area (Å²) in [5, 5.41) is 3.11. The molecular formula is C29H28ClF2N3O4S. The lowest BCUT2D eigenvalue weighted by Crippen LogP contribution is -2.25. The number of hydrogen-bond acceptors (Lipinski definition) is 5. The first-order chi connectivity index (χ1) is 19.1. The molecule has 11 heteroatoms. The number of H-pyrrole nitrogens is 1. The third kappa shape index (κ3) is 6.28. The molecule has 1 fully saturated rings. The second-order valence-corrected chi connectivity index (χ2v) is 12.3. The number of nitrogens with one attached hydrogen (secondary N) is 2. The highest BCUT2D eigenvalue weighted by molar-refractivity contribution is 7.91. The Kier molecular flexibility index (Phi) is 8.09. The average molecular weight is 588 g/mol. The molecule has 210 valence electrons. The zero-order valence-corrected chi connectivity index (χ0v) is 23.2. The van der Waals surface area contributed by atoms with Crippen molar-refractivity contribution in [1.29, 1.82) is 0 Å². The number of sulfone groups is 1. The van der Waals surface area contributed by atoms with Gasteiger partial charge < -0.3 is 15.0 Å². The summed E-state index contributed by atoms with van der Waals surface area (Å²) in [5.74, 6) is 0.162. The normalized spacial score (nSPS) is 14.4. The molecule has 1 amide bonds. The minimum atomic E-state index is -3.38. The van der Waals surface area contributed by atoms with E-state index in [4.69, 9.17) is 16.6 Å². The van der Waals surface area contributed by atoms with Crippen LogP contribution < -0.4 is 10.1 Å². The first-order valence-electron chi connectivity index (χ1n) is 13.0. The molecule has 1 saturated carbocycles. The van der Waals surface area contributed by atoms with Gasteiger partial charge in [-0.25, -0.2) is 13.4 Å². The number of nitrogens with zero attached hydrogens (tertiary/aromatic N) is 1. The van der Waals surface area contributed by atoms with E-state index in [0.29, 0.717) is 39.6 Å². The van der Waals surface area contributed by atoms with Gasteiger partial charge in [-0.15, -0.1) is 0 Å². The van der Waals surface area contributed by atoms with Gasteiger partial charge in [0.05, 0.1) is 32.6 Å². The van der Waals surface area contributed by atoms with Crippen molar-refractivity contribution in [2.45, 2.75) is 43.6 Å². The van der Waals surface area contributed by atoms with Crippen molar-refractivity contribution in [2.75, 3.05) is 12.3 Å². The van der Waals surface area contributed by atoms with Crippen LogP contribution in [0.25, 0.3) is 22.2 Å². The molecule has 3 aromatic carbocycles. The molecule has 1 heterocycles. The summed E-state index contributed by atoms with van der Waals surface area (Å²) in [5.41, 5.74) is 2.69. The van der Waals surface area contributed by atoms with E-state index in [1.807, 2.05) is 6.92 Å². The van der Waals surface area contributed by atoms with Gasteiger partial charge in [0.15, 0.2) is 9.84 Å². The first kappa shape index (κ1) is 28.0. The third-order valence-electron chi connectivity index (χ3n) is 6.87. The Morgan fingerprint density at radius 2 is 1.85 bits per heavy atom. The number of carbonyl (C=O) groups excluding carboxylic acids is 1. The summed E-state index contributed by atoms with van der Waals surface area (Å²) >= 11 is 6.57. The van der Waals surface area contributed by atoms with Crippen molar-refractivity contribution in [3.8, 4) is 16.9 Å². The molecule has 0 bridgehead atoms. The van der Waals surface area contributed by atoms with Crippen LogP contribution in [0.5, 0.6) is 5.75 Å². The van der Waals surface area contributed by atoms with Gasteiger partial charge in [0.25, 0.3) is 0 Å². The maximum Gasteiger partial charge on any atom is 0.387 e. The Balaban J connectivity index is 1.52. The zero-order chi connectivity index (χ0) is 28.4. The fourth-order valence-corrected chi connectivity index (χ4v) is 6.70. The van der Waals surface area contributed by atoms with E-state index >= 15 is 0 Å². The largest absolute Gasteiger partial charge is 0.434 e. The maximum atomic E-state index is 13.0. The van der Waals surface area contributed by atoms with Crippen molar-refractivity contribution in [1.82, 2.24) is 15.3 Å². The standard InChI is InChI=1S/C29H28ClF2N3O4S/c1-2-33-27(36)14-21(18-9-11-19(12-10-18)40(37,38)16-17-7-8-17)28-34-24-13-22(23(30)15-25(24)35-28)20-5-3-4-6-26(20)39-29(31)32/h3-6,9-13,15,17,21,29H,2,7-8,14,16H2,1H3,(H,33,36)(H,34,35)/t21-/m0/s1. The monoisotopic (exact) mass is 587 g/mol. The number of fused-ring (bicyclic) bond motifs is 1. The molecule has 40 heavy (non-hydrogen) atoms. The van der Waals surface area contributed by atoms with E-state index in [1.165, 1.54) is 6.07 Å². The van der Waals surface area contributed by atoms with Crippen molar-refractivity contribution < 1.29 is 26.7 Å². The minimum Gasteiger partial charge on any atom is -0.434 e. The number of para-hydroxylation sites is 1. The van der Waals surface area contributed by atoms with Gasteiger partial charge in [-0.1, -0.05) is 41.9 Å². The van der Waals surface area contributed by atoms with Crippen LogP contribution in [0.15, 0.2) is 65.6 Å². The number of alkyl halides is 2. The molecule has 1 atom stereocenters. The fourth-order valence-electron chi connectivity index (χ4n) is 4.74. The second kappa shape index (κ2) is 11.5. The van der Waals surface area contributed by atoms with Crippen LogP contribution in [0, 0.1) is 5.92 Å². The van der Waals surface area contributed by atoms with E-state index in [-0.39, 0.29) is 34.6 Å². The molecular weight excluding hydrogens is 560 g/mol. The Bertz CT molecular complexity index is 1640. The topological polar surface area (TPSA) is 101 Å². The predicted octanol–water partition coefficient (Wildman–Crippen LogP) is 6.33. The van der Waals surface area contributed by atoms with Crippen LogP contribution >= 0.6 is 11.6 Å². The van der Waals surface area contributed by atoms with Gasteiger partial charge in [0, 0.05) is 24.1 Å². The van der Waals surface area contributed by atoms with E-state index < -0.39 is 22.4 Å². The van der Waals surface area contributed by atoms with Gasteiger partial charge in [0.1, 0.15) is 11.6 Å². The molecule has 1 aliphatic carbocycles. The number of ether oxygens (including phenoxy) is 1. The van der Waals surface area contributed by atoms with Crippen LogP contribution in [-0.2, 0) is 14.6 Å². The van der Waals surface area contributed by atoms with Gasteiger partial charge in [-0.2, -0.15) is 8.78 Å². The number of aromatic nitrogens is 2. The minimum absolute atomic E-state index is 0.0136. The first-order valence-corrected chi connectivity index (χ1v) is 15.0. The fraction of sp³-hybridized carbons (Fsp3) is 0.310. The summed E-state index contributed by atoms with van der Waals surface area (Å²) < 4.78 is 56.1. The molecule has 4 aromatic rings. The summed E-state index contributed by atoms with van der Waals surface area (Å²) in [6.07, 6.45) is 1.95. The maximum absolute atomic E-state index is 13.0. The van der Waals surface area contributed by atoms with Crippen LogP contribution in [0.4, 0.5) is 8.78 Å². The van der Waals surface area contributed by atoms with Crippen LogP contribution in [0.1, 0.15) is 43.5 Å². The van der Waals surface area contributed by atoms with Crippen molar-refractivity contribution in [3.63, 3.8) is 0 Å². The van der Waals surface area contributed by atoms with Crippen molar-refractivity contribution in [3.05, 3.63) is 77.1 Å². The molecule has 1 aromatic heterocycles. The molecule has 5 rings (SSSR count). The van der Waals surface area contributed by atoms with Crippen LogP contribution in [-0.4, -0.2) is 43.2 Å². The quantitative estimate of drug-likeness (QED) is 0.214. The number of rotatable bonds is 11. The highest BCUT2D eigenvalue weighted by Gasteiger charge is 2.29. The molecule has 0 spiro atoms. The van der Waals surface area contributed by atoms with E-state index in [9.17, 15) is 22.0 Å². The Labute approximate surface area is 235 Å². The van der Waals surface area contributed by atoms with Crippen molar-refractivity contribution in [2.24, 2.45) is 5.92 Å². The number of halogens is 3. The number of carbonyl (C=O) groups is 1. The highest BCUT2D eigenvalue weighted by atomic mass is 35.5. The number of hydrogen-bond donors (Lipinski definition) is 2. The smallest absolute Gasteiger partial charge is 0.387 e. The van der Waals surface area contributed by atoms with Gasteiger partial charge in [-0.3, -0.25) is 4.79 Å². The lowest BCUT2D eigenvalue weighted by Gasteiger charge is -2.15. The molecule has 0 unspecified atom stereocenters. The van der Waals surface area contributed by atoms with Crippen molar-refractivity contribution >= 4 is 38.4 Å². The lowest BCUT2D eigenvalue weighted by molar-refractivity contribution is -0.121. The Morgan fingerprint density at radius 1 is 1.12 bits per heavy atom. The van der Waals surface area contributed by atoms with E-state index in [2.05, 4.69) is 15.0 Å². The van der Waals surface area contributed by atoms with Crippen LogP contribution in [0.2, 0.25) is 5.02 Å². The Morgan fingerprint density at radius 3 is 2.52 bits per heavy atom. The average Bonchev–Trinajstić information content (AvgIpc) is 3.62. The van der Waals surface area contributed by atoms with Gasteiger partial charge >= 0.3 is 6.61 Å². The SMILES string of the molecule is CCNC(=O)C[C@@H](c1ccc(S(=O)(=O)CC2CC2)cc1)c1nc2cc(-c3ccccc3OC(F)F)c(Cl)cc2[nH]1. The highest BCUT2D eigenvalue weighted by Crippen LogP contribution is 2.39. The molecule has 0 radical (unpaired) electrons. The van der Waals surface area contributed by atoms with Gasteiger partial charge in [0.2, 0.25) is 5.91 Å². The number of benzene rings is 3. The number of imidazole rings is 1. The van der Waals surface area contributed by atoms with E-state index in [0.717, 1.165) is 18.4 Å². The zero-order valence-electron chi connectivity index (χ0n) is 21.7. The lowest BCUT2D eigenvalue weighted by atomic mass is 9.94. The summed E-state index contributed by atoms with van der Waals surface area (Å²) in [7, 11) is -3.38. The number of amides is 1.